The van der Waals surface area contributed by atoms with Gasteiger partial charge in [-0.25, -0.2) is 9.78 Å². The Morgan fingerprint density at radius 3 is 2.35 bits per heavy atom. The SMILES string of the molecule is CC[C@@H]1OC(=O)[C@H](C)C(=O)[C@@H](C)[C@@H](OC2O[C@H](C)C[C@H](N(C)C)[C@H]2O)[C@](C)(OC)C[C@@H](C)C(=O)[C@@H](C)[C@@H]2N(CCCCNc3ccccn3)C(=O)O[C@]12C. The van der Waals surface area contributed by atoms with Gasteiger partial charge >= 0.3 is 12.1 Å². The van der Waals surface area contributed by atoms with Gasteiger partial charge in [0.2, 0.25) is 0 Å². The average molecular weight is 761 g/mol. The van der Waals surface area contributed by atoms with Crippen molar-refractivity contribution in [3.8, 4) is 0 Å². The summed E-state index contributed by atoms with van der Waals surface area (Å²) >= 11 is 0. The molecule has 4 rings (SSSR count). The highest BCUT2D eigenvalue weighted by Crippen LogP contribution is 2.43. The van der Waals surface area contributed by atoms with Gasteiger partial charge in [-0.05, 0) is 86.0 Å². The molecule has 14 heteroatoms. The lowest BCUT2D eigenvalue weighted by atomic mass is 9.73. The maximum absolute atomic E-state index is 14.6. The van der Waals surface area contributed by atoms with Crippen molar-refractivity contribution in [2.75, 3.05) is 39.6 Å². The van der Waals surface area contributed by atoms with E-state index in [0.717, 1.165) is 5.82 Å². The van der Waals surface area contributed by atoms with Crippen molar-refractivity contribution in [2.24, 2.45) is 23.7 Å². The summed E-state index contributed by atoms with van der Waals surface area (Å²) in [6.07, 6.45) is -0.953. The molecule has 1 aromatic heterocycles. The molecule has 0 radical (unpaired) electrons. The molecule has 1 amide bonds. The molecule has 3 aliphatic rings. The zero-order chi connectivity index (χ0) is 40.1. The summed E-state index contributed by atoms with van der Waals surface area (Å²) in [5.41, 5.74) is -2.64. The maximum Gasteiger partial charge on any atom is 0.410 e. The number of aromatic nitrogens is 1. The maximum atomic E-state index is 14.6. The van der Waals surface area contributed by atoms with Crippen LogP contribution >= 0.6 is 0 Å². The van der Waals surface area contributed by atoms with Crippen molar-refractivity contribution in [1.29, 1.82) is 0 Å². The largest absolute Gasteiger partial charge is 0.458 e. The van der Waals surface area contributed by atoms with Crippen molar-refractivity contribution in [3.63, 3.8) is 0 Å². The number of cyclic esters (lactones) is 1. The number of likely N-dealkylation sites (N-methyl/N-ethyl adjacent to an activating group) is 1. The van der Waals surface area contributed by atoms with E-state index >= 15 is 0 Å². The van der Waals surface area contributed by atoms with Gasteiger partial charge in [-0.1, -0.05) is 33.8 Å². The Morgan fingerprint density at radius 1 is 1.04 bits per heavy atom. The summed E-state index contributed by atoms with van der Waals surface area (Å²) in [6, 6.07) is 4.58. The predicted molar refractivity (Wildman–Crippen MR) is 202 cm³/mol. The van der Waals surface area contributed by atoms with Crippen molar-refractivity contribution in [2.45, 2.75) is 141 Å². The lowest BCUT2D eigenvalue weighted by Gasteiger charge is -2.47. The Bertz CT molecular complexity index is 1450. The first kappa shape index (κ1) is 43.6. The van der Waals surface area contributed by atoms with Gasteiger partial charge in [-0.2, -0.15) is 0 Å². The quantitative estimate of drug-likeness (QED) is 0.185. The van der Waals surface area contributed by atoms with E-state index in [1.807, 2.05) is 58.0 Å². The van der Waals surface area contributed by atoms with Crippen molar-refractivity contribution in [3.05, 3.63) is 24.4 Å². The van der Waals surface area contributed by atoms with Crippen LogP contribution in [0.5, 0.6) is 0 Å². The summed E-state index contributed by atoms with van der Waals surface area (Å²) in [7, 11) is 5.24. The number of ketones is 2. The van der Waals surface area contributed by atoms with Crippen LogP contribution in [-0.4, -0.2) is 132 Å². The molecule has 1 aromatic rings. The van der Waals surface area contributed by atoms with Gasteiger partial charge in [0.25, 0.3) is 0 Å². The lowest BCUT2D eigenvalue weighted by Crippen LogP contribution is -2.60. The number of fused-ring (bicyclic) bond motifs is 1. The molecular weight excluding hydrogens is 696 g/mol. The fourth-order valence-electron chi connectivity index (χ4n) is 8.80. The topological polar surface area (TPSA) is 166 Å². The van der Waals surface area contributed by atoms with E-state index in [1.165, 1.54) is 14.0 Å². The molecule has 0 spiro atoms. The molecule has 0 aromatic carbocycles. The van der Waals surface area contributed by atoms with Gasteiger partial charge in [-0.3, -0.25) is 14.4 Å². The van der Waals surface area contributed by atoms with Crippen LogP contribution in [0.1, 0.15) is 87.5 Å². The summed E-state index contributed by atoms with van der Waals surface area (Å²) in [6.45, 7) is 14.9. The number of carbonyl (C=O) groups is 4. The number of carbonyl (C=O) groups excluding carboxylic acids is 4. The van der Waals surface area contributed by atoms with Crippen LogP contribution in [0.4, 0.5) is 10.6 Å². The third-order valence-electron chi connectivity index (χ3n) is 12.0. The third-order valence-corrected chi connectivity index (χ3v) is 12.0. The molecule has 0 saturated carbocycles. The van der Waals surface area contributed by atoms with Gasteiger partial charge in [0, 0.05) is 50.2 Å². The molecule has 14 nitrogen and oxygen atoms in total. The van der Waals surface area contributed by atoms with Gasteiger partial charge in [0.05, 0.1) is 23.9 Å². The molecular formula is C40H64N4O10. The third kappa shape index (κ3) is 9.26. The Hall–Kier alpha value is -3.17. The minimum Gasteiger partial charge on any atom is -0.458 e. The van der Waals surface area contributed by atoms with E-state index in [9.17, 15) is 24.3 Å². The zero-order valence-corrected chi connectivity index (χ0v) is 34.1. The molecule has 4 heterocycles. The number of ether oxygens (including phenoxy) is 5. The number of esters is 1. The number of Topliss-reactive ketones (excluding diaryl/α,β-unsaturated/α-hetero) is 2. The molecule has 3 aliphatic heterocycles. The standard InChI is InChI=1S/C40H64N4O10/c1-12-29-40(8)34(44(38(49)54-40)20-16-15-19-42-30-17-13-14-18-41-30)25(4)31(45)23(2)22-39(7,50-11)35(26(5)32(46)27(6)36(48)52-29)53-37-33(47)28(43(9)10)21-24(3)51-37/h13-14,17-18,23-29,33-35,37,47H,12,15-16,19-22H2,1-11H3,(H,41,42)/t23-,24-,25-,26-,27-,28+,29+,33-,34+,35-,37?,39-,40-/m1/s1. The number of hydrogen-bond donors (Lipinski definition) is 2. The van der Waals surface area contributed by atoms with Crippen LogP contribution < -0.4 is 5.32 Å². The number of nitrogens with one attached hydrogen (secondary N) is 1. The number of nitrogens with zero attached hydrogens (tertiary/aromatic N) is 3. The fraction of sp³-hybridized carbons (Fsp3) is 0.775. The number of hydrogen-bond acceptors (Lipinski definition) is 13. The highest BCUT2D eigenvalue weighted by molar-refractivity contribution is 6.00. The van der Waals surface area contributed by atoms with Crippen LogP contribution in [-0.2, 0) is 38.1 Å². The second-order valence-corrected chi connectivity index (χ2v) is 16.2. The molecule has 54 heavy (non-hydrogen) atoms. The Balaban J connectivity index is 1.68. The number of aliphatic hydroxyl groups is 1. The number of methoxy groups -OCH3 is 1. The van der Waals surface area contributed by atoms with Crippen molar-refractivity contribution >= 4 is 29.4 Å². The highest BCUT2D eigenvalue weighted by Gasteiger charge is 2.60. The second-order valence-electron chi connectivity index (χ2n) is 16.2. The van der Waals surface area contributed by atoms with Crippen LogP contribution in [0.15, 0.2) is 24.4 Å². The van der Waals surface area contributed by atoms with Crippen LogP contribution in [0.2, 0.25) is 0 Å². The van der Waals surface area contributed by atoms with E-state index in [2.05, 4.69) is 10.3 Å². The summed E-state index contributed by atoms with van der Waals surface area (Å²) < 4.78 is 31.1. The molecule has 13 atom stereocenters. The molecule has 2 N–H and O–H groups in total. The Labute approximate surface area is 320 Å². The van der Waals surface area contributed by atoms with E-state index in [-0.39, 0.29) is 30.8 Å². The van der Waals surface area contributed by atoms with E-state index in [1.54, 1.807) is 38.8 Å². The first-order valence-electron chi connectivity index (χ1n) is 19.5. The summed E-state index contributed by atoms with van der Waals surface area (Å²) in [4.78, 5) is 64.2. The number of amides is 1. The first-order chi connectivity index (χ1) is 25.4. The lowest BCUT2D eigenvalue weighted by molar-refractivity contribution is -0.295. The summed E-state index contributed by atoms with van der Waals surface area (Å²) in [5, 5.41) is 14.7. The summed E-state index contributed by atoms with van der Waals surface area (Å²) in [5.74, 6) is -4.14. The molecule has 3 saturated heterocycles. The van der Waals surface area contributed by atoms with Crippen LogP contribution in [0.3, 0.4) is 0 Å². The van der Waals surface area contributed by atoms with E-state index in [4.69, 9.17) is 23.7 Å². The predicted octanol–water partition coefficient (Wildman–Crippen LogP) is 4.48. The minimum atomic E-state index is -1.38. The van der Waals surface area contributed by atoms with Crippen molar-refractivity contribution in [1.82, 2.24) is 14.8 Å². The number of rotatable bonds is 11. The second kappa shape index (κ2) is 18.2. The molecule has 304 valence electrons. The van der Waals surface area contributed by atoms with Crippen molar-refractivity contribution < 1.29 is 48.0 Å². The zero-order valence-electron chi connectivity index (χ0n) is 34.1. The molecule has 0 bridgehead atoms. The van der Waals surface area contributed by atoms with E-state index < -0.39 is 83.4 Å². The molecule has 0 aliphatic carbocycles. The minimum absolute atomic E-state index is 0.137. The molecule has 3 fully saturated rings. The molecule has 1 unspecified atom stereocenters. The normalized spacial score (nSPS) is 38.5. The smallest absolute Gasteiger partial charge is 0.410 e. The van der Waals surface area contributed by atoms with Gasteiger partial charge in [0.15, 0.2) is 17.7 Å². The van der Waals surface area contributed by atoms with Crippen LogP contribution in [0, 0.1) is 23.7 Å². The average Bonchev–Trinajstić information content (AvgIpc) is 3.40. The van der Waals surface area contributed by atoms with Gasteiger partial charge in [0.1, 0.15) is 29.7 Å². The van der Waals surface area contributed by atoms with Gasteiger partial charge < -0.3 is 43.9 Å². The van der Waals surface area contributed by atoms with Crippen LogP contribution in [0.25, 0.3) is 0 Å². The Kier molecular flexibility index (Phi) is 14.7. The monoisotopic (exact) mass is 760 g/mol. The number of pyridine rings is 1. The highest BCUT2D eigenvalue weighted by atomic mass is 16.7. The number of aliphatic hydroxyl groups excluding tert-OH is 1. The fourth-order valence-corrected chi connectivity index (χ4v) is 8.80. The number of anilines is 1. The Morgan fingerprint density at radius 2 is 1.74 bits per heavy atom. The first-order valence-corrected chi connectivity index (χ1v) is 19.5. The van der Waals surface area contributed by atoms with E-state index in [0.29, 0.717) is 32.4 Å². The van der Waals surface area contributed by atoms with Gasteiger partial charge in [-0.15, -0.1) is 0 Å². The number of unbranched alkanes of at least 4 members (excludes halogenated alkanes) is 1.